The van der Waals surface area contributed by atoms with Gasteiger partial charge in [0.2, 0.25) is 0 Å². The average molecular weight is 1190 g/mol. The molecular weight excluding hydrogens is 1060 g/mol. The fraction of sp³-hybridized carbons (Fsp3) is 0.757. The van der Waals surface area contributed by atoms with E-state index >= 15 is 0 Å². The predicted octanol–water partition coefficient (Wildman–Crippen LogP) is 22.1. The molecular formula is C74H132NO8P. The Morgan fingerprint density at radius 2 is 0.679 bits per heavy atom. The van der Waals surface area contributed by atoms with E-state index in [4.69, 9.17) is 18.5 Å². The molecule has 0 aromatic carbocycles. The summed E-state index contributed by atoms with van der Waals surface area (Å²) in [6.07, 6.45) is 89.3. The van der Waals surface area contributed by atoms with Gasteiger partial charge < -0.3 is 27.9 Å². The third-order valence-corrected chi connectivity index (χ3v) is 16.1. The topological polar surface area (TPSA) is 111 Å². The summed E-state index contributed by atoms with van der Waals surface area (Å²) in [5, 5.41) is 0. The molecule has 9 nitrogen and oxygen atoms in total. The van der Waals surface area contributed by atoms with Gasteiger partial charge in [0.05, 0.1) is 27.7 Å². The molecule has 0 aliphatic carbocycles. The summed E-state index contributed by atoms with van der Waals surface area (Å²) in [7, 11) is 1.14. The molecule has 0 spiro atoms. The number of hydrogen-bond acceptors (Lipinski definition) is 8. The van der Waals surface area contributed by atoms with Crippen LogP contribution in [0.2, 0.25) is 0 Å². The molecule has 486 valence electrons. The Labute approximate surface area is 519 Å². The van der Waals surface area contributed by atoms with Crippen molar-refractivity contribution >= 4 is 19.8 Å². The number of ether oxygens (including phenoxy) is 2. The first-order chi connectivity index (χ1) is 41.0. The van der Waals surface area contributed by atoms with E-state index in [-0.39, 0.29) is 32.0 Å². The summed E-state index contributed by atoms with van der Waals surface area (Å²) in [5.41, 5.74) is 0. The zero-order chi connectivity index (χ0) is 61.2. The van der Waals surface area contributed by atoms with Crippen LogP contribution in [0.3, 0.4) is 0 Å². The number of phosphoric acid groups is 1. The molecule has 0 fully saturated rings. The number of hydrogen-bond donors (Lipinski definition) is 0. The highest BCUT2D eigenvalue weighted by molar-refractivity contribution is 7.45. The Kier molecular flexibility index (Phi) is 62.1. The Hall–Kier alpha value is -3.07. The van der Waals surface area contributed by atoms with Gasteiger partial charge in [-0.15, -0.1) is 0 Å². The van der Waals surface area contributed by atoms with Gasteiger partial charge in [-0.3, -0.25) is 14.2 Å². The van der Waals surface area contributed by atoms with Crippen LogP contribution in [0.15, 0.2) is 97.2 Å². The van der Waals surface area contributed by atoms with Crippen molar-refractivity contribution in [2.24, 2.45) is 0 Å². The van der Waals surface area contributed by atoms with Crippen LogP contribution < -0.4 is 4.89 Å². The summed E-state index contributed by atoms with van der Waals surface area (Å²) in [6.45, 7) is 4.11. The first kappa shape index (κ1) is 80.9. The number of quaternary nitrogens is 1. The SMILES string of the molecule is CC/C=C\C/C=C\C/C=C\C/C=C\C/C=C\C/C=C\C/C=C\CCCCCC(=O)OC(COC(=O)CCCCCCCCCCCCCCCCCCCCCCCCC/C=C\CCCCCCCCCC)COP(=O)([O-])OCC[N+](C)(C)C. The van der Waals surface area contributed by atoms with Crippen molar-refractivity contribution in [3.8, 4) is 0 Å². The molecule has 2 atom stereocenters. The van der Waals surface area contributed by atoms with Gasteiger partial charge in [0.15, 0.2) is 6.10 Å². The Morgan fingerprint density at radius 1 is 0.381 bits per heavy atom. The van der Waals surface area contributed by atoms with Crippen molar-refractivity contribution in [2.75, 3.05) is 47.5 Å². The maximum absolute atomic E-state index is 12.8. The normalized spacial score (nSPS) is 13.7. The van der Waals surface area contributed by atoms with Crippen LogP contribution in [0.4, 0.5) is 0 Å². The molecule has 0 heterocycles. The molecule has 0 aromatic rings. The molecule has 0 aliphatic rings. The number of likely N-dealkylation sites (N-methyl/N-ethyl adjacent to an activating group) is 1. The van der Waals surface area contributed by atoms with Gasteiger partial charge in [0.25, 0.3) is 7.82 Å². The second-order valence-corrected chi connectivity index (χ2v) is 25.9. The lowest BCUT2D eigenvalue weighted by Gasteiger charge is -2.28. The molecule has 0 rings (SSSR count). The van der Waals surface area contributed by atoms with E-state index in [9.17, 15) is 19.0 Å². The maximum atomic E-state index is 12.8. The van der Waals surface area contributed by atoms with Crippen molar-refractivity contribution in [1.29, 1.82) is 0 Å². The fourth-order valence-corrected chi connectivity index (χ4v) is 10.5. The lowest BCUT2D eigenvalue weighted by atomic mass is 10.0. The first-order valence-electron chi connectivity index (χ1n) is 34.9. The molecule has 84 heavy (non-hydrogen) atoms. The van der Waals surface area contributed by atoms with Crippen LogP contribution in [0.1, 0.15) is 309 Å². The fourth-order valence-electron chi connectivity index (χ4n) is 9.75. The predicted molar refractivity (Wildman–Crippen MR) is 360 cm³/mol. The summed E-state index contributed by atoms with van der Waals surface area (Å²) in [4.78, 5) is 38.0. The van der Waals surface area contributed by atoms with E-state index in [1.165, 1.54) is 193 Å². The number of carbonyl (C=O) groups excluding carboxylic acids is 2. The van der Waals surface area contributed by atoms with Gasteiger partial charge in [-0.25, -0.2) is 0 Å². The lowest BCUT2D eigenvalue weighted by Crippen LogP contribution is -2.37. The molecule has 2 unspecified atom stereocenters. The Balaban J connectivity index is 4.05. The quantitative estimate of drug-likeness (QED) is 0.0195. The largest absolute Gasteiger partial charge is 0.756 e. The summed E-state index contributed by atoms with van der Waals surface area (Å²) in [6, 6.07) is 0. The molecule has 0 aromatic heterocycles. The number of carbonyl (C=O) groups is 2. The molecule has 0 radical (unpaired) electrons. The van der Waals surface area contributed by atoms with Crippen LogP contribution in [0, 0.1) is 0 Å². The molecule has 10 heteroatoms. The monoisotopic (exact) mass is 1190 g/mol. The summed E-state index contributed by atoms with van der Waals surface area (Å²) < 4.78 is 34.2. The minimum absolute atomic E-state index is 0.0413. The summed E-state index contributed by atoms with van der Waals surface area (Å²) in [5.74, 6) is -0.866. The van der Waals surface area contributed by atoms with Crippen molar-refractivity contribution < 1.29 is 42.1 Å². The molecule has 0 bridgehead atoms. The number of esters is 2. The van der Waals surface area contributed by atoms with Crippen LogP contribution in [-0.4, -0.2) is 70.0 Å². The van der Waals surface area contributed by atoms with Gasteiger partial charge in [0.1, 0.15) is 19.8 Å². The van der Waals surface area contributed by atoms with E-state index in [0.717, 1.165) is 83.5 Å². The molecule has 0 amide bonds. The van der Waals surface area contributed by atoms with E-state index in [0.29, 0.717) is 17.4 Å². The average Bonchev–Trinajstić information content (AvgIpc) is 3.60. The van der Waals surface area contributed by atoms with Crippen molar-refractivity contribution in [1.82, 2.24) is 0 Å². The maximum Gasteiger partial charge on any atom is 0.306 e. The summed E-state index contributed by atoms with van der Waals surface area (Å²) >= 11 is 0. The van der Waals surface area contributed by atoms with E-state index < -0.39 is 26.5 Å². The minimum atomic E-state index is -4.66. The van der Waals surface area contributed by atoms with Crippen LogP contribution in [-0.2, 0) is 32.7 Å². The van der Waals surface area contributed by atoms with E-state index in [1.807, 2.05) is 21.1 Å². The second-order valence-electron chi connectivity index (χ2n) is 24.5. The lowest BCUT2D eigenvalue weighted by molar-refractivity contribution is -0.870. The first-order valence-corrected chi connectivity index (χ1v) is 36.4. The van der Waals surface area contributed by atoms with Crippen molar-refractivity contribution in [3.05, 3.63) is 97.2 Å². The zero-order valence-corrected chi connectivity index (χ0v) is 56.2. The third-order valence-electron chi connectivity index (χ3n) is 15.1. The van der Waals surface area contributed by atoms with Gasteiger partial charge in [-0.05, 0) is 96.3 Å². The smallest absolute Gasteiger partial charge is 0.306 e. The minimum Gasteiger partial charge on any atom is -0.756 e. The van der Waals surface area contributed by atoms with Crippen molar-refractivity contribution in [2.45, 2.75) is 315 Å². The molecule has 0 N–H and O–H groups in total. The number of rotatable bonds is 64. The van der Waals surface area contributed by atoms with Gasteiger partial charge in [-0.2, -0.15) is 0 Å². The Bertz CT molecular complexity index is 1740. The van der Waals surface area contributed by atoms with Crippen LogP contribution in [0.5, 0.6) is 0 Å². The zero-order valence-electron chi connectivity index (χ0n) is 55.3. The van der Waals surface area contributed by atoms with Crippen molar-refractivity contribution in [3.63, 3.8) is 0 Å². The molecule has 0 aliphatic heterocycles. The van der Waals surface area contributed by atoms with Gasteiger partial charge in [0, 0.05) is 12.8 Å². The van der Waals surface area contributed by atoms with Crippen LogP contribution >= 0.6 is 7.82 Å². The third kappa shape index (κ3) is 68.0. The molecule has 0 saturated carbocycles. The van der Waals surface area contributed by atoms with E-state index in [2.05, 4.69) is 111 Å². The number of allylic oxidation sites excluding steroid dienone is 16. The van der Waals surface area contributed by atoms with Gasteiger partial charge in [-0.1, -0.05) is 297 Å². The number of nitrogens with zero attached hydrogens (tertiary/aromatic N) is 1. The standard InChI is InChI=1S/C74H132NO8P/c1-6-8-10-12-14-16-18-20-22-24-26-28-30-32-33-34-35-36-37-38-39-40-41-43-44-46-48-50-52-54-56-58-60-62-64-66-73(76)80-70-72(71-82-84(78,79)81-69-68-75(3,4)5)83-74(77)67-65-63-61-59-57-55-53-51-49-47-45-42-31-29-27-25-23-21-19-17-15-13-11-9-7-2/h9,11,15,17,21,23-24,26-27,29,42,45,49,51,55,57,72H,6-8,10,12-14,16,18-20,22,25,28,30-41,43-44,46-48,50,52-54,56,58-71H2,1-5H3/b11-9-,17-15-,23-21-,26-24-,29-27-,45-42-,51-49-,57-55-. The van der Waals surface area contributed by atoms with Gasteiger partial charge >= 0.3 is 11.9 Å². The highest BCUT2D eigenvalue weighted by Gasteiger charge is 2.22. The highest BCUT2D eigenvalue weighted by Crippen LogP contribution is 2.38. The van der Waals surface area contributed by atoms with E-state index in [1.54, 1.807) is 0 Å². The number of phosphoric ester groups is 1. The highest BCUT2D eigenvalue weighted by atomic mass is 31.2. The Morgan fingerprint density at radius 3 is 1.04 bits per heavy atom. The molecule has 0 saturated heterocycles. The number of unbranched alkanes of at least 4 members (excludes halogenated alkanes) is 34. The second kappa shape index (κ2) is 64.4. The van der Waals surface area contributed by atoms with Crippen LogP contribution in [0.25, 0.3) is 0 Å².